The van der Waals surface area contributed by atoms with E-state index in [0.717, 1.165) is 24.2 Å². The smallest absolute Gasteiger partial charge is 0.269 e. The lowest BCUT2D eigenvalue weighted by atomic mass is 10.1. The number of aromatic nitrogens is 2. The number of amides is 1. The normalized spacial score (nSPS) is 12.3. The molecule has 1 aromatic heterocycles. The van der Waals surface area contributed by atoms with E-state index in [4.69, 9.17) is 5.73 Å². The first kappa shape index (κ1) is 15.2. The molecule has 0 aliphatic heterocycles. The number of rotatable bonds is 6. The van der Waals surface area contributed by atoms with E-state index in [2.05, 4.69) is 17.3 Å². The molecule has 6 heteroatoms. The molecule has 0 saturated carbocycles. The fraction of sp³-hybridized carbons (Fsp3) is 0.333. The third-order valence-corrected chi connectivity index (χ3v) is 3.24. The lowest BCUT2D eigenvalue weighted by Crippen LogP contribution is -2.21. The Morgan fingerprint density at radius 3 is 2.86 bits per heavy atom. The molecule has 1 amide bonds. The predicted molar refractivity (Wildman–Crippen MR) is 78.7 cm³/mol. The van der Waals surface area contributed by atoms with Gasteiger partial charge in [0.15, 0.2) is 0 Å². The molecule has 0 bridgehead atoms. The largest absolute Gasteiger partial charge is 0.364 e. The third-order valence-electron chi connectivity index (χ3n) is 3.24. The van der Waals surface area contributed by atoms with Crippen LogP contribution >= 0.6 is 0 Å². The van der Waals surface area contributed by atoms with Gasteiger partial charge in [-0.2, -0.15) is 5.10 Å². The van der Waals surface area contributed by atoms with E-state index in [1.54, 1.807) is 23.0 Å². The number of nitrogens with one attached hydrogen (secondary N) is 1. The number of benzene rings is 1. The lowest BCUT2D eigenvalue weighted by Gasteiger charge is -2.18. The summed E-state index contributed by atoms with van der Waals surface area (Å²) in [5.41, 5.74) is 6.89. The van der Waals surface area contributed by atoms with Crippen LogP contribution in [-0.2, 0) is 0 Å². The summed E-state index contributed by atoms with van der Waals surface area (Å²) in [4.78, 5) is 11.1. The van der Waals surface area contributed by atoms with Crippen molar-refractivity contribution in [3.8, 4) is 5.69 Å². The maximum Gasteiger partial charge on any atom is 0.269 e. The fourth-order valence-electron chi connectivity index (χ4n) is 2.14. The highest BCUT2D eigenvalue weighted by molar-refractivity contribution is 5.90. The average Bonchev–Trinajstić information content (AvgIpc) is 2.94. The van der Waals surface area contributed by atoms with Gasteiger partial charge in [0, 0.05) is 12.2 Å². The van der Waals surface area contributed by atoms with Crippen LogP contribution in [0.3, 0.4) is 0 Å². The van der Waals surface area contributed by atoms with Crippen molar-refractivity contribution in [1.29, 1.82) is 0 Å². The Labute approximate surface area is 123 Å². The van der Waals surface area contributed by atoms with Crippen LogP contribution in [0.25, 0.3) is 5.69 Å². The van der Waals surface area contributed by atoms with E-state index < -0.39 is 5.91 Å². The number of halogens is 1. The molecule has 0 fully saturated rings. The molecule has 0 aliphatic carbocycles. The molecule has 5 nitrogen and oxygen atoms in total. The Morgan fingerprint density at radius 1 is 1.48 bits per heavy atom. The Kier molecular flexibility index (Phi) is 4.70. The maximum absolute atomic E-state index is 13.5. The van der Waals surface area contributed by atoms with Crippen LogP contribution in [0.15, 0.2) is 30.5 Å². The number of carbonyl (C=O) groups excluding carboxylic acids is 1. The molecule has 3 N–H and O–H groups in total. The van der Waals surface area contributed by atoms with Crippen molar-refractivity contribution in [3.63, 3.8) is 0 Å². The first-order valence-electron chi connectivity index (χ1n) is 6.91. The van der Waals surface area contributed by atoms with E-state index in [0.29, 0.717) is 0 Å². The van der Waals surface area contributed by atoms with Crippen LogP contribution in [-0.4, -0.2) is 22.2 Å². The molecule has 1 atom stereocenters. The monoisotopic (exact) mass is 290 g/mol. The van der Waals surface area contributed by atoms with Crippen LogP contribution in [0.5, 0.6) is 0 Å². The summed E-state index contributed by atoms with van der Waals surface area (Å²) >= 11 is 0. The van der Waals surface area contributed by atoms with Gasteiger partial charge in [-0.15, -0.1) is 0 Å². The molecule has 0 aliphatic rings. The first-order chi connectivity index (χ1) is 10.0. The van der Waals surface area contributed by atoms with E-state index in [1.807, 2.05) is 6.92 Å². The quantitative estimate of drug-likeness (QED) is 0.856. The van der Waals surface area contributed by atoms with Crippen LogP contribution in [0, 0.1) is 5.82 Å². The second-order valence-corrected chi connectivity index (χ2v) is 4.89. The minimum absolute atomic E-state index is 0.0307. The molecule has 0 spiro atoms. The van der Waals surface area contributed by atoms with Crippen molar-refractivity contribution in [2.45, 2.75) is 26.3 Å². The van der Waals surface area contributed by atoms with E-state index in [-0.39, 0.29) is 17.6 Å². The van der Waals surface area contributed by atoms with Crippen molar-refractivity contribution < 1.29 is 9.18 Å². The number of hydrogen-bond acceptors (Lipinski definition) is 3. The highest BCUT2D eigenvalue weighted by Crippen LogP contribution is 2.22. The molecule has 0 radical (unpaired) electrons. The molecule has 21 heavy (non-hydrogen) atoms. The summed E-state index contributed by atoms with van der Waals surface area (Å²) in [6, 6.07) is 6.01. The standard InChI is InChI=1S/C15H19FN4O/c1-3-7-18-10(2)12-9-11(16)4-5-14(12)20-8-6-13(19-20)15(17)21/h4-6,8-10,18H,3,7H2,1-2H3,(H2,17,21). The van der Waals surface area contributed by atoms with Crippen LogP contribution in [0.2, 0.25) is 0 Å². The van der Waals surface area contributed by atoms with E-state index >= 15 is 0 Å². The molecule has 112 valence electrons. The number of hydrogen-bond donors (Lipinski definition) is 2. The van der Waals surface area contributed by atoms with Gasteiger partial charge >= 0.3 is 0 Å². The Hall–Kier alpha value is -2.21. The number of nitrogens with zero attached hydrogens (tertiary/aromatic N) is 2. The molecule has 1 heterocycles. The second kappa shape index (κ2) is 6.49. The van der Waals surface area contributed by atoms with Gasteiger partial charge in [0.2, 0.25) is 0 Å². The van der Waals surface area contributed by atoms with Crippen molar-refractivity contribution in [1.82, 2.24) is 15.1 Å². The van der Waals surface area contributed by atoms with Gasteiger partial charge in [-0.3, -0.25) is 4.79 Å². The topological polar surface area (TPSA) is 72.9 Å². The van der Waals surface area contributed by atoms with Gasteiger partial charge in [-0.1, -0.05) is 6.92 Å². The lowest BCUT2D eigenvalue weighted by molar-refractivity contribution is 0.0995. The Morgan fingerprint density at radius 2 is 2.24 bits per heavy atom. The highest BCUT2D eigenvalue weighted by Gasteiger charge is 2.14. The van der Waals surface area contributed by atoms with Crippen LogP contribution in [0.4, 0.5) is 4.39 Å². The van der Waals surface area contributed by atoms with Gasteiger partial charge in [0.25, 0.3) is 5.91 Å². The molecular formula is C15H19FN4O. The van der Waals surface area contributed by atoms with Gasteiger partial charge in [0.05, 0.1) is 5.69 Å². The molecule has 1 aromatic carbocycles. The van der Waals surface area contributed by atoms with Crippen LogP contribution < -0.4 is 11.1 Å². The highest BCUT2D eigenvalue weighted by atomic mass is 19.1. The predicted octanol–water partition coefficient (Wildman–Crippen LogP) is 2.17. The van der Waals surface area contributed by atoms with Crippen molar-refractivity contribution in [3.05, 3.63) is 47.5 Å². The molecule has 2 rings (SSSR count). The second-order valence-electron chi connectivity index (χ2n) is 4.89. The molecule has 0 saturated heterocycles. The summed E-state index contributed by atoms with van der Waals surface area (Å²) in [6.07, 6.45) is 2.63. The maximum atomic E-state index is 13.5. The average molecular weight is 290 g/mol. The van der Waals surface area contributed by atoms with Crippen molar-refractivity contribution >= 4 is 5.91 Å². The van der Waals surface area contributed by atoms with Crippen molar-refractivity contribution in [2.75, 3.05) is 6.54 Å². The molecule has 1 unspecified atom stereocenters. The molecular weight excluding hydrogens is 271 g/mol. The van der Waals surface area contributed by atoms with Gasteiger partial charge in [0.1, 0.15) is 11.5 Å². The summed E-state index contributed by atoms with van der Waals surface area (Å²) in [5.74, 6) is -0.893. The SMILES string of the molecule is CCCNC(C)c1cc(F)ccc1-n1ccc(C(N)=O)n1. The first-order valence-corrected chi connectivity index (χ1v) is 6.91. The van der Waals surface area contributed by atoms with Gasteiger partial charge in [-0.05, 0) is 49.7 Å². The van der Waals surface area contributed by atoms with Crippen LogP contribution in [0.1, 0.15) is 42.4 Å². The summed E-state index contributed by atoms with van der Waals surface area (Å²) in [5, 5.41) is 7.44. The van der Waals surface area contributed by atoms with Gasteiger partial charge < -0.3 is 11.1 Å². The zero-order valence-corrected chi connectivity index (χ0v) is 12.1. The summed E-state index contributed by atoms with van der Waals surface area (Å²) in [6.45, 7) is 4.87. The van der Waals surface area contributed by atoms with E-state index in [1.165, 1.54) is 12.1 Å². The zero-order valence-electron chi connectivity index (χ0n) is 12.1. The Bertz CT molecular complexity index is 638. The van der Waals surface area contributed by atoms with Crippen molar-refractivity contribution in [2.24, 2.45) is 5.73 Å². The minimum atomic E-state index is -0.588. The Balaban J connectivity index is 2.39. The number of carbonyl (C=O) groups is 1. The van der Waals surface area contributed by atoms with E-state index in [9.17, 15) is 9.18 Å². The third kappa shape index (κ3) is 3.46. The summed E-state index contributed by atoms with van der Waals surface area (Å²) in [7, 11) is 0. The minimum Gasteiger partial charge on any atom is -0.364 e. The fourth-order valence-corrected chi connectivity index (χ4v) is 2.14. The number of nitrogens with two attached hydrogens (primary N) is 1. The zero-order chi connectivity index (χ0) is 15.4. The summed E-state index contributed by atoms with van der Waals surface area (Å²) < 4.78 is 15.1. The van der Waals surface area contributed by atoms with Gasteiger partial charge in [-0.25, -0.2) is 9.07 Å². The number of primary amides is 1. The molecule has 2 aromatic rings.